The van der Waals surface area contributed by atoms with Crippen LogP contribution in [-0.4, -0.2) is 33.7 Å². The van der Waals surface area contributed by atoms with Crippen LogP contribution in [0, 0.1) is 0 Å². The van der Waals surface area contributed by atoms with Crippen molar-refractivity contribution in [2.45, 2.75) is 31.9 Å². The quantitative estimate of drug-likeness (QED) is 0.820. The summed E-state index contributed by atoms with van der Waals surface area (Å²) in [6.45, 7) is 4.78. The summed E-state index contributed by atoms with van der Waals surface area (Å²) in [6, 6.07) is 0. The van der Waals surface area contributed by atoms with Gasteiger partial charge in [-0.2, -0.15) is 16.9 Å². The van der Waals surface area contributed by atoms with Gasteiger partial charge in [0, 0.05) is 18.8 Å². The molecule has 0 radical (unpaired) electrons. The summed E-state index contributed by atoms with van der Waals surface area (Å²) in [5, 5.41) is 7.67. The fourth-order valence-electron chi connectivity index (χ4n) is 1.72. The van der Waals surface area contributed by atoms with Crippen LogP contribution >= 0.6 is 11.8 Å². The van der Waals surface area contributed by atoms with Crippen molar-refractivity contribution in [1.29, 1.82) is 0 Å². The maximum absolute atomic E-state index is 12.0. The van der Waals surface area contributed by atoms with Crippen LogP contribution in [0.15, 0.2) is 0 Å². The van der Waals surface area contributed by atoms with Gasteiger partial charge in [0.2, 0.25) is 0 Å². The van der Waals surface area contributed by atoms with Gasteiger partial charge in [-0.3, -0.25) is 9.48 Å². The van der Waals surface area contributed by atoms with E-state index in [4.69, 9.17) is 5.73 Å². The molecule has 1 rings (SSSR count). The number of rotatable bonds is 6. The molecule has 0 saturated heterocycles. The minimum Gasteiger partial charge on any atom is -0.395 e. The highest BCUT2D eigenvalue weighted by Gasteiger charge is 2.18. The minimum absolute atomic E-state index is 0.143. The van der Waals surface area contributed by atoms with Crippen LogP contribution in [-0.2, 0) is 13.5 Å². The van der Waals surface area contributed by atoms with Crippen LogP contribution in [0.2, 0.25) is 0 Å². The first-order valence-corrected chi connectivity index (χ1v) is 7.42. The number of carbonyl (C=O) groups excluding carboxylic acids is 1. The molecule has 1 atom stereocenters. The molecule has 3 N–H and O–H groups in total. The maximum Gasteiger partial charge on any atom is 0.271 e. The third-order valence-electron chi connectivity index (χ3n) is 2.95. The molecule has 1 unspecified atom stereocenters. The van der Waals surface area contributed by atoms with E-state index in [2.05, 4.69) is 23.6 Å². The monoisotopic (exact) mass is 270 g/mol. The largest absolute Gasteiger partial charge is 0.395 e. The van der Waals surface area contributed by atoms with Gasteiger partial charge >= 0.3 is 0 Å². The second-order valence-corrected chi connectivity index (χ2v) is 5.55. The number of amides is 1. The molecule has 6 heteroatoms. The summed E-state index contributed by atoms with van der Waals surface area (Å²) >= 11 is 1.79. The van der Waals surface area contributed by atoms with E-state index < -0.39 is 0 Å². The van der Waals surface area contributed by atoms with Gasteiger partial charge in [-0.25, -0.2) is 0 Å². The van der Waals surface area contributed by atoms with Crippen molar-refractivity contribution >= 4 is 23.4 Å². The lowest BCUT2D eigenvalue weighted by Crippen LogP contribution is -2.28. The Morgan fingerprint density at radius 2 is 2.28 bits per heavy atom. The molecule has 0 aliphatic heterocycles. The minimum atomic E-state index is -0.143. The summed E-state index contributed by atoms with van der Waals surface area (Å²) in [5.41, 5.74) is 7.66. The van der Waals surface area contributed by atoms with E-state index in [1.165, 1.54) is 0 Å². The molecule has 1 aromatic heterocycles. The number of nitrogens with one attached hydrogen (secondary N) is 1. The SMILES string of the molecule is CCc1nn(C)c(C(=O)NCCC(C)SC)c1N. The highest BCUT2D eigenvalue weighted by molar-refractivity contribution is 7.99. The lowest BCUT2D eigenvalue weighted by atomic mass is 10.2. The Hall–Kier alpha value is -1.17. The lowest BCUT2D eigenvalue weighted by molar-refractivity contribution is 0.0945. The Labute approximate surface area is 112 Å². The van der Waals surface area contributed by atoms with E-state index >= 15 is 0 Å². The summed E-state index contributed by atoms with van der Waals surface area (Å²) < 4.78 is 1.56. The summed E-state index contributed by atoms with van der Waals surface area (Å²) in [6.07, 6.45) is 3.75. The number of anilines is 1. The van der Waals surface area contributed by atoms with Crippen LogP contribution in [0.3, 0.4) is 0 Å². The fourth-order valence-corrected chi connectivity index (χ4v) is 2.07. The number of aromatic nitrogens is 2. The zero-order valence-corrected chi connectivity index (χ0v) is 12.3. The van der Waals surface area contributed by atoms with Gasteiger partial charge in [0.25, 0.3) is 5.91 Å². The number of aryl methyl sites for hydroxylation is 2. The molecular weight excluding hydrogens is 248 g/mol. The molecule has 0 aliphatic rings. The molecule has 0 aromatic carbocycles. The lowest BCUT2D eigenvalue weighted by Gasteiger charge is -2.09. The van der Waals surface area contributed by atoms with Gasteiger partial charge < -0.3 is 11.1 Å². The van der Waals surface area contributed by atoms with Crippen molar-refractivity contribution in [2.24, 2.45) is 7.05 Å². The predicted octanol–water partition coefficient (Wildman–Crippen LogP) is 1.44. The predicted molar refractivity (Wildman–Crippen MR) is 76.9 cm³/mol. The van der Waals surface area contributed by atoms with Crippen molar-refractivity contribution in [3.05, 3.63) is 11.4 Å². The van der Waals surface area contributed by atoms with Crippen molar-refractivity contribution in [1.82, 2.24) is 15.1 Å². The molecule has 18 heavy (non-hydrogen) atoms. The number of nitrogen functional groups attached to an aromatic ring is 1. The number of hydrogen-bond donors (Lipinski definition) is 2. The van der Waals surface area contributed by atoms with Gasteiger partial charge in [-0.05, 0) is 19.1 Å². The van der Waals surface area contributed by atoms with E-state index in [9.17, 15) is 4.79 Å². The topological polar surface area (TPSA) is 72.9 Å². The highest BCUT2D eigenvalue weighted by Crippen LogP contribution is 2.16. The molecule has 0 spiro atoms. The number of hydrogen-bond acceptors (Lipinski definition) is 4. The molecule has 1 heterocycles. The molecule has 1 amide bonds. The number of nitrogens with two attached hydrogens (primary N) is 1. The van der Waals surface area contributed by atoms with Crippen LogP contribution < -0.4 is 11.1 Å². The van der Waals surface area contributed by atoms with Crippen LogP contribution in [0.1, 0.15) is 36.5 Å². The number of nitrogens with zero attached hydrogens (tertiary/aromatic N) is 2. The van der Waals surface area contributed by atoms with Crippen LogP contribution in [0.25, 0.3) is 0 Å². The average molecular weight is 270 g/mol. The maximum atomic E-state index is 12.0. The highest BCUT2D eigenvalue weighted by atomic mass is 32.2. The molecular formula is C12H22N4OS. The van der Waals surface area contributed by atoms with Crippen LogP contribution in [0.5, 0.6) is 0 Å². The fraction of sp³-hybridized carbons (Fsp3) is 0.667. The van der Waals surface area contributed by atoms with E-state index in [1.807, 2.05) is 6.92 Å². The van der Waals surface area contributed by atoms with Gasteiger partial charge in [0.05, 0.1) is 11.4 Å². The third-order valence-corrected chi connectivity index (χ3v) is 3.99. The first-order valence-electron chi connectivity index (χ1n) is 6.13. The van der Waals surface area contributed by atoms with Gasteiger partial charge in [-0.15, -0.1) is 0 Å². The average Bonchev–Trinajstić information content (AvgIpc) is 2.63. The molecule has 1 aromatic rings. The van der Waals surface area contributed by atoms with Crippen molar-refractivity contribution in [3.8, 4) is 0 Å². The molecule has 102 valence electrons. The zero-order valence-electron chi connectivity index (χ0n) is 11.5. The van der Waals surface area contributed by atoms with Crippen molar-refractivity contribution in [2.75, 3.05) is 18.5 Å². The first kappa shape index (κ1) is 14.9. The summed E-state index contributed by atoms with van der Waals surface area (Å²) in [5.74, 6) is -0.143. The van der Waals surface area contributed by atoms with Crippen molar-refractivity contribution < 1.29 is 4.79 Å². The molecule has 5 nitrogen and oxygen atoms in total. The first-order chi connectivity index (χ1) is 8.51. The van der Waals surface area contributed by atoms with E-state index in [0.717, 1.165) is 18.5 Å². The van der Waals surface area contributed by atoms with Gasteiger partial charge in [0.15, 0.2) is 0 Å². The van der Waals surface area contributed by atoms with Crippen molar-refractivity contribution in [3.63, 3.8) is 0 Å². The smallest absolute Gasteiger partial charge is 0.271 e. The van der Waals surface area contributed by atoms with Gasteiger partial charge in [0.1, 0.15) is 5.69 Å². The Balaban J connectivity index is 2.64. The van der Waals surface area contributed by atoms with E-state index in [-0.39, 0.29) is 5.91 Å². The second kappa shape index (κ2) is 6.68. The second-order valence-electron chi connectivity index (χ2n) is 4.28. The number of carbonyl (C=O) groups is 1. The zero-order chi connectivity index (χ0) is 13.7. The Kier molecular flexibility index (Phi) is 5.53. The number of thioether (sulfide) groups is 1. The standard InChI is InChI=1S/C12H22N4OS/c1-5-9-10(13)11(16(3)15-9)12(17)14-7-6-8(2)18-4/h8H,5-7,13H2,1-4H3,(H,14,17). The molecule has 0 aliphatic carbocycles. The molecule has 0 fully saturated rings. The Bertz CT molecular complexity index is 416. The Morgan fingerprint density at radius 1 is 1.61 bits per heavy atom. The third kappa shape index (κ3) is 3.41. The summed E-state index contributed by atoms with van der Waals surface area (Å²) in [4.78, 5) is 12.0. The molecule has 0 saturated carbocycles. The van der Waals surface area contributed by atoms with Crippen LogP contribution in [0.4, 0.5) is 5.69 Å². The van der Waals surface area contributed by atoms with Gasteiger partial charge in [-0.1, -0.05) is 13.8 Å². The molecule has 0 bridgehead atoms. The normalized spacial score (nSPS) is 12.4. The van der Waals surface area contributed by atoms with E-state index in [0.29, 0.717) is 23.2 Å². The van der Waals surface area contributed by atoms with E-state index in [1.54, 1.807) is 23.5 Å². The summed E-state index contributed by atoms with van der Waals surface area (Å²) in [7, 11) is 1.74. The Morgan fingerprint density at radius 3 is 2.78 bits per heavy atom.